The van der Waals surface area contributed by atoms with E-state index in [-0.39, 0.29) is 10.7 Å². The normalized spacial score (nSPS) is 13.0. The van der Waals surface area contributed by atoms with Gasteiger partial charge in [0.05, 0.1) is 16.5 Å². The van der Waals surface area contributed by atoms with Gasteiger partial charge in [-0.15, -0.1) is 10.2 Å². The maximum atomic E-state index is 13.0. The number of hydrogen-bond acceptors (Lipinski definition) is 4. The quantitative estimate of drug-likeness (QED) is 0.842. The van der Waals surface area contributed by atoms with Gasteiger partial charge in [0.25, 0.3) is 0 Å². The Balaban J connectivity index is 2.15. The van der Waals surface area contributed by atoms with Crippen LogP contribution in [0, 0.1) is 0 Å². The average molecular weight is 365 g/mol. The Morgan fingerprint density at radius 3 is 2.70 bits per heavy atom. The Bertz CT molecular complexity index is 719. The van der Waals surface area contributed by atoms with Crippen LogP contribution in [0.25, 0.3) is 0 Å². The number of hydrogen-bond donors (Lipinski definition) is 1. The first kappa shape index (κ1) is 17.6. The zero-order valence-electron chi connectivity index (χ0n) is 12.1. The molecule has 0 bridgehead atoms. The summed E-state index contributed by atoms with van der Waals surface area (Å²) in [6.45, 7) is 1.57. The molecule has 0 aliphatic carbocycles. The van der Waals surface area contributed by atoms with Crippen LogP contribution in [0.4, 0.5) is 18.9 Å². The highest BCUT2D eigenvalue weighted by atomic mass is 35.5. The van der Waals surface area contributed by atoms with E-state index in [4.69, 9.17) is 11.6 Å². The zero-order valence-corrected chi connectivity index (χ0v) is 13.6. The van der Waals surface area contributed by atoms with Gasteiger partial charge >= 0.3 is 6.18 Å². The first-order chi connectivity index (χ1) is 10.7. The summed E-state index contributed by atoms with van der Waals surface area (Å²) in [5.41, 5.74) is -1.33. The number of halogens is 4. The third-order valence-electron chi connectivity index (χ3n) is 2.87. The number of nitrogens with one attached hydrogen (secondary N) is 1. The SMILES string of the molecule is C[C@@H](Sc1nncn1C)C(=O)Nc1ccc(Cl)cc1C(F)(F)F. The second kappa shape index (κ2) is 6.79. The summed E-state index contributed by atoms with van der Waals surface area (Å²) in [4.78, 5) is 12.1. The lowest BCUT2D eigenvalue weighted by Gasteiger charge is -2.16. The van der Waals surface area contributed by atoms with Crippen LogP contribution >= 0.6 is 23.4 Å². The molecule has 0 spiro atoms. The van der Waals surface area contributed by atoms with Crippen LogP contribution < -0.4 is 5.32 Å². The number of rotatable bonds is 4. The Labute approximate surface area is 139 Å². The number of carbonyl (C=O) groups is 1. The van der Waals surface area contributed by atoms with Gasteiger partial charge < -0.3 is 9.88 Å². The average Bonchev–Trinajstić information content (AvgIpc) is 2.85. The second-order valence-electron chi connectivity index (χ2n) is 4.66. The maximum Gasteiger partial charge on any atom is 0.418 e. The van der Waals surface area contributed by atoms with Crippen molar-refractivity contribution in [2.75, 3.05) is 5.32 Å². The molecule has 1 aromatic heterocycles. The number of aryl methyl sites for hydroxylation is 1. The number of anilines is 1. The highest BCUT2D eigenvalue weighted by Crippen LogP contribution is 2.36. The smallest absolute Gasteiger partial charge is 0.325 e. The summed E-state index contributed by atoms with van der Waals surface area (Å²) >= 11 is 6.69. The molecule has 1 aromatic carbocycles. The standard InChI is InChI=1S/C13H12ClF3N4OS/c1-7(23-12-20-18-6-21(12)2)11(22)19-10-4-3-8(14)5-9(10)13(15,16)17/h3-7H,1-2H3,(H,19,22)/t7-/m1/s1. The highest BCUT2D eigenvalue weighted by molar-refractivity contribution is 8.00. The summed E-state index contributed by atoms with van der Waals surface area (Å²) in [7, 11) is 1.70. The van der Waals surface area contributed by atoms with Crippen molar-refractivity contribution in [1.82, 2.24) is 14.8 Å². The summed E-state index contributed by atoms with van der Waals surface area (Å²) in [5, 5.41) is 9.53. The number of benzene rings is 1. The fourth-order valence-corrected chi connectivity index (χ4v) is 2.65. The lowest BCUT2D eigenvalue weighted by atomic mass is 10.1. The van der Waals surface area contributed by atoms with Crippen LogP contribution in [-0.2, 0) is 18.0 Å². The van der Waals surface area contributed by atoms with Crippen molar-refractivity contribution in [3.05, 3.63) is 35.1 Å². The van der Waals surface area contributed by atoms with E-state index in [1.807, 2.05) is 0 Å². The Morgan fingerprint density at radius 2 is 2.13 bits per heavy atom. The van der Waals surface area contributed by atoms with E-state index < -0.39 is 22.9 Å². The summed E-state index contributed by atoms with van der Waals surface area (Å²) < 4.78 is 40.6. The topological polar surface area (TPSA) is 59.8 Å². The van der Waals surface area contributed by atoms with Gasteiger partial charge in [-0.1, -0.05) is 23.4 Å². The van der Waals surface area contributed by atoms with Crippen molar-refractivity contribution >= 4 is 35.0 Å². The molecule has 0 saturated heterocycles. The first-order valence-electron chi connectivity index (χ1n) is 6.36. The van der Waals surface area contributed by atoms with E-state index in [2.05, 4.69) is 15.5 Å². The van der Waals surface area contributed by atoms with Gasteiger partial charge in [-0.2, -0.15) is 13.2 Å². The van der Waals surface area contributed by atoms with Crippen LogP contribution in [0.3, 0.4) is 0 Å². The highest BCUT2D eigenvalue weighted by Gasteiger charge is 2.34. The number of nitrogens with zero attached hydrogens (tertiary/aromatic N) is 3. The molecule has 1 N–H and O–H groups in total. The predicted molar refractivity (Wildman–Crippen MR) is 81.4 cm³/mol. The van der Waals surface area contributed by atoms with Crippen molar-refractivity contribution in [2.45, 2.75) is 23.5 Å². The maximum absolute atomic E-state index is 13.0. The molecule has 10 heteroatoms. The number of amides is 1. The molecule has 0 radical (unpaired) electrons. The molecule has 0 aliphatic heterocycles. The van der Waals surface area contributed by atoms with Crippen molar-refractivity contribution in [3.63, 3.8) is 0 Å². The van der Waals surface area contributed by atoms with Gasteiger partial charge in [0.15, 0.2) is 5.16 Å². The third kappa shape index (κ3) is 4.38. The van der Waals surface area contributed by atoms with Gasteiger partial charge in [0.1, 0.15) is 6.33 Å². The number of carbonyl (C=O) groups excluding carboxylic acids is 1. The number of aromatic nitrogens is 3. The summed E-state index contributed by atoms with van der Waals surface area (Å²) in [6, 6.07) is 3.19. The van der Waals surface area contributed by atoms with Crippen molar-refractivity contribution in [2.24, 2.45) is 7.05 Å². The van der Waals surface area contributed by atoms with Crippen LogP contribution in [0.2, 0.25) is 5.02 Å². The van der Waals surface area contributed by atoms with Gasteiger partial charge in [-0.25, -0.2) is 0 Å². The molecule has 2 aromatic rings. The van der Waals surface area contributed by atoms with Gasteiger partial charge in [-0.3, -0.25) is 4.79 Å². The van der Waals surface area contributed by atoms with Crippen molar-refractivity contribution < 1.29 is 18.0 Å². The van der Waals surface area contributed by atoms with Crippen molar-refractivity contribution in [3.8, 4) is 0 Å². The van der Waals surface area contributed by atoms with E-state index in [1.54, 1.807) is 18.5 Å². The molecule has 0 fully saturated rings. The molecule has 1 amide bonds. The minimum Gasteiger partial charge on any atom is -0.325 e. The molecule has 1 heterocycles. The van der Waals surface area contributed by atoms with E-state index in [1.165, 1.54) is 12.4 Å². The molecule has 1 atom stereocenters. The largest absolute Gasteiger partial charge is 0.418 e. The molecule has 0 aliphatic rings. The third-order valence-corrected chi connectivity index (χ3v) is 4.25. The van der Waals surface area contributed by atoms with E-state index in [9.17, 15) is 18.0 Å². The van der Waals surface area contributed by atoms with Crippen LogP contribution in [-0.4, -0.2) is 25.9 Å². The van der Waals surface area contributed by atoms with Gasteiger partial charge in [0.2, 0.25) is 5.91 Å². The first-order valence-corrected chi connectivity index (χ1v) is 7.62. The minimum absolute atomic E-state index is 0.0585. The Kier molecular flexibility index (Phi) is 5.20. The Morgan fingerprint density at radius 1 is 1.43 bits per heavy atom. The molecule has 23 heavy (non-hydrogen) atoms. The van der Waals surface area contributed by atoms with Crippen LogP contribution in [0.15, 0.2) is 29.7 Å². The van der Waals surface area contributed by atoms with Gasteiger partial charge in [-0.05, 0) is 25.1 Å². The molecule has 5 nitrogen and oxygen atoms in total. The van der Waals surface area contributed by atoms with Crippen LogP contribution in [0.5, 0.6) is 0 Å². The molecule has 2 rings (SSSR count). The van der Waals surface area contributed by atoms with E-state index >= 15 is 0 Å². The minimum atomic E-state index is -4.62. The summed E-state index contributed by atoms with van der Waals surface area (Å²) in [6.07, 6.45) is -3.15. The Hall–Kier alpha value is -1.74. The van der Waals surface area contributed by atoms with E-state index in [0.717, 1.165) is 23.9 Å². The van der Waals surface area contributed by atoms with Crippen molar-refractivity contribution in [1.29, 1.82) is 0 Å². The summed E-state index contributed by atoms with van der Waals surface area (Å²) in [5.74, 6) is -0.578. The lowest BCUT2D eigenvalue weighted by molar-refractivity contribution is -0.137. The van der Waals surface area contributed by atoms with E-state index in [0.29, 0.717) is 5.16 Å². The fraction of sp³-hybridized carbons (Fsp3) is 0.308. The lowest BCUT2D eigenvalue weighted by Crippen LogP contribution is -2.24. The molecular weight excluding hydrogens is 353 g/mol. The molecular formula is C13H12ClF3N4OS. The molecule has 124 valence electrons. The predicted octanol–water partition coefficient (Wildman–Crippen LogP) is 3.61. The molecule has 0 unspecified atom stereocenters. The van der Waals surface area contributed by atoms with Crippen LogP contribution in [0.1, 0.15) is 12.5 Å². The van der Waals surface area contributed by atoms with Gasteiger partial charge in [0, 0.05) is 12.1 Å². The number of thioether (sulfide) groups is 1. The monoisotopic (exact) mass is 364 g/mol. The zero-order chi connectivity index (χ0) is 17.2. The number of alkyl halides is 3. The molecule has 0 saturated carbocycles. The second-order valence-corrected chi connectivity index (χ2v) is 6.41. The fourth-order valence-electron chi connectivity index (χ4n) is 1.69.